The van der Waals surface area contributed by atoms with Gasteiger partial charge < -0.3 is 24.6 Å². The average Bonchev–Trinajstić information content (AvgIpc) is 2.25. The molecule has 0 aliphatic carbocycles. The molecule has 0 bridgehead atoms. The summed E-state index contributed by atoms with van der Waals surface area (Å²) < 4.78 is 14.9. The molecule has 108 valence electrons. The SMILES string of the molecule is CC(=O)N[C@@H]1[C@H](OC(C)=O)[C@H](O)OC[C@@H]1OC(C)=O. The molecule has 0 unspecified atom stereocenters. The van der Waals surface area contributed by atoms with Crippen LogP contribution in [0.5, 0.6) is 0 Å². The lowest BCUT2D eigenvalue weighted by atomic mass is 10.0. The minimum absolute atomic E-state index is 0.108. The van der Waals surface area contributed by atoms with Crippen LogP contribution >= 0.6 is 0 Å². The van der Waals surface area contributed by atoms with Gasteiger partial charge in [0.1, 0.15) is 12.1 Å². The normalized spacial score (nSPS) is 30.3. The molecule has 8 nitrogen and oxygen atoms in total. The van der Waals surface area contributed by atoms with Crippen LogP contribution in [0.1, 0.15) is 20.8 Å². The van der Waals surface area contributed by atoms with Crippen molar-refractivity contribution in [3.05, 3.63) is 0 Å². The van der Waals surface area contributed by atoms with Gasteiger partial charge in [0, 0.05) is 20.8 Å². The van der Waals surface area contributed by atoms with Crippen LogP contribution in [0.3, 0.4) is 0 Å². The first-order valence-electron chi connectivity index (χ1n) is 5.72. The van der Waals surface area contributed by atoms with Crippen molar-refractivity contribution < 1.29 is 33.7 Å². The number of carbonyl (C=O) groups is 3. The van der Waals surface area contributed by atoms with E-state index in [0.717, 1.165) is 6.92 Å². The summed E-state index contributed by atoms with van der Waals surface area (Å²) in [4.78, 5) is 33.2. The number of esters is 2. The molecule has 1 fully saturated rings. The molecule has 0 aromatic heterocycles. The van der Waals surface area contributed by atoms with Crippen LogP contribution in [-0.4, -0.2) is 54.1 Å². The monoisotopic (exact) mass is 275 g/mol. The van der Waals surface area contributed by atoms with Crippen molar-refractivity contribution in [2.24, 2.45) is 0 Å². The van der Waals surface area contributed by atoms with Crippen LogP contribution in [0.2, 0.25) is 0 Å². The molecule has 2 N–H and O–H groups in total. The van der Waals surface area contributed by atoms with Gasteiger partial charge >= 0.3 is 11.9 Å². The van der Waals surface area contributed by atoms with E-state index in [4.69, 9.17) is 14.2 Å². The van der Waals surface area contributed by atoms with Crippen molar-refractivity contribution in [3.63, 3.8) is 0 Å². The summed E-state index contributed by atoms with van der Waals surface area (Å²) in [6.07, 6.45) is -3.37. The Morgan fingerprint density at radius 2 is 1.74 bits per heavy atom. The lowest BCUT2D eigenvalue weighted by Crippen LogP contribution is -2.62. The second-order valence-electron chi connectivity index (χ2n) is 4.17. The summed E-state index contributed by atoms with van der Waals surface area (Å²) in [7, 11) is 0. The smallest absolute Gasteiger partial charge is 0.303 e. The topological polar surface area (TPSA) is 111 Å². The maximum Gasteiger partial charge on any atom is 0.303 e. The Labute approximate surface area is 110 Å². The number of aliphatic hydroxyl groups is 1. The molecule has 8 heteroatoms. The average molecular weight is 275 g/mol. The summed E-state index contributed by atoms with van der Waals surface area (Å²) >= 11 is 0. The van der Waals surface area contributed by atoms with Gasteiger partial charge in [0.15, 0.2) is 12.4 Å². The van der Waals surface area contributed by atoms with Crippen LogP contribution in [0.25, 0.3) is 0 Å². The second kappa shape index (κ2) is 6.48. The largest absolute Gasteiger partial charge is 0.458 e. The van der Waals surface area contributed by atoms with Crippen molar-refractivity contribution in [2.45, 2.75) is 45.3 Å². The zero-order valence-electron chi connectivity index (χ0n) is 10.9. The molecule has 1 amide bonds. The molecule has 1 aliphatic heterocycles. The summed E-state index contributed by atoms with van der Waals surface area (Å²) in [5.41, 5.74) is 0. The number of aliphatic hydroxyl groups excluding tert-OH is 1. The highest BCUT2D eigenvalue weighted by atomic mass is 16.7. The van der Waals surface area contributed by atoms with E-state index in [-0.39, 0.29) is 6.61 Å². The molecule has 0 radical (unpaired) electrons. The Bertz CT molecular complexity index is 370. The van der Waals surface area contributed by atoms with Gasteiger partial charge in [-0.3, -0.25) is 14.4 Å². The number of nitrogens with one attached hydrogen (secondary N) is 1. The van der Waals surface area contributed by atoms with Gasteiger partial charge in [-0.05, 0) is 0 Å². The number of amides is 1. The van der Waals surface area contributed by atoms with E-state index >= 15 is 0 Å². The van der Waals surface area contributed by atoms with Gasteiger partial charge in [0.25, 0.3) is 0 Å². The molecule has 1 saturated heterocycles. The Kier molecular flexibility index (Phi) is 5.25. The van der Waals surface area contributed by atoms with E-state index in [2.05, 4.69) is 5.32 Å². The molecule has 0 saturated carbocycles. The van der Waals surface area contributed by atoms with Crippen molar-refractivity contribution in [1.82, 2.24) is 5.32 Å². The van der Waals surface area contributed by atoms with E-state index in [1.165, 1.54) is 13.8 Å². The highest BCUT2D eigenvalue weighted by molar-refractivity contribution is 5.74. The number of hydrogen-bond acceptors (Lipinski definition) is 7. The van der Waals surface area contributed by atoms with E-state index in [1.807, 2.05) is 0 Å². The Morgan fingerprint density at radius 1 is 1.16 bits per heavy atom. The maximum absolute atomic E-state index is 11.2. The lowest BCUT2D eigenvalue weighted by molar-refractivity contribution is -0.238. The van der Waals surface area contributed by atoms with Crippen LogP contribution in [0.4, 0.5) is 0 Å². The highest BCUT2D eigenvalue weighted by Gasteiger charge is 2.44. The first-order chi connectivity index (χ1) is 8.81. The summed E-state index contributed by atoms with van der Waals surface area (Å²) in [6.45, 7) is 3.52. The first kappa shape index (κ1) is 15.4. The van der Waals surface area contributed by atoms with Gasteiger partial charge in [0.05, 0.1) is 6.61 Å². The minimum atomic E-state index is -1.40. The molecule has 19 heavy (non-hydrogen) atoms. The van der Waals surface area contributed by atoms with Crippen LogP contribution in [0.15, 0.2) is 0 Å². The Balaban J connectivity index is 2.89. The summed E-state index contributed by atoms with van der Waals surface area (Å²) in [6, 6.07) is -0.867. The third-order valence-electron chi connectivity index (χ3n) is 2.46. The third-order valence-corrected chi connectivity index (χ3v) is 2.46. The number of ether oxygens (including phenoxy) is 3. The van der Waals surface area contributed by atoms with Crippen molar-refractivity contribution >= 4 is 17.8 Å². The first-order valence-corrected chi connectivity index (χ1v) is 5.72. The minimum Gasteiger partial charge on any atom is -0.458 e. The standard InChI is InChI=1S/C11H17NO7/c1-5(13)12-9-8(18-6(2)14)4-17-11(16)10(9)19-7(3)15/h8-11,16H,4H2,1-3H3,(H,12,13)/t8-,9-,10-,11+/m0/s1. The lowest BCUT2D eigenvalue weighted by Gasteiger charge is -2.39. The molecule has 1 aliphatic rings. The predicted molar refractivity (Wildman–Crippen MR) is 60.7 cm³/mol. The Morgan fingerprint density at radius 3 is 2.21 bits per heavy atom. The molecule has 0 spiro atoms. The van der Waals surface area contributed by atoms with Crippen molar-refractivity contribution in [1.29, 1.82) is 0 Å². The molecule has 0 aromatic carbocycles. The second-order valence-corrected chi connectivity index (χ2v) is 4.17. The third kappa shape index (κ3) is 4.49. The zero-order valence-corrected chi connectivity index (χ0v) is 10.9. The molecule has 0 aromatic rings. The van der Waals surface area contributed by atoms with Gasteiger partial charge in [-0.15, -0.1) is 0 Å². The number of carbonyl (C=O) groups excluding carboxylic acids is 3. The fourth-order valence-corrected chi connectivity index (χ4v) is 1.83. The van der Waals surface area contributed by atoms with Crippen LogP contribution < -0.4 is 5.32 Å². The fourth-order valence-electron chi connectivity index (χ4n) is 1.83. The zero-order chi connectivity index (χ0) is 14.6. The molecule has 1 heterocycles. The fraction of sp³-hybridized carbons (Fsp3) is 0.727. The van der Waals surface area contributed by atoms with Gasteiger partial charge in [-0.25, -0.2) is 0 Å². The quantitative estimate of drug-likeness (QED) is 0.616. The maximum atomic E-state index is 11.2. The molecular weight excluding hydrogens is 258 g/mol. The van der Waals surface area contributed by atoms with E-state index < -0.39 is 42.4 Å². The summed E-state index contributed by atoms with van der Waals surface area (Å²) in [5, 5.41) is 12.2. The van der Waals surface area contributed by atoms with Crippen molar-refractivity contribution in [2.75, 3.05) is 6.61 Å². The van der Waals surface area contributed by atoms with E-state index in [9.17, 15) is 19.5 Å². The summed E-state index contributed by atoms with van der Waals surface area (Å²) in [5.74, 6) is -1.62. The van der Waals surface area contributed by atoms with E-state index in [1.54, 1.807) is 0 Å². The predicted octanol–water partition coefficient (Wildman–Crippen LogP) is -1.30. The molecule has 4 atom stereocenters. The van der Waals surface area contributed by atoms with Crippen molar-refractivity contribution in [3.8, 4) is 0 Å². The Hall–Kier alpha value is -1.67. The van der Waals surface area contributed by atoms with E-state index in [0.29, 0.717) is 0 Å². The highest BCUT2D eigenvalue weighted by Crippen LogP contribution is 2.20. The van der Waals surface area contributed by atoms with Gasteiger partial charge in [-0.2, -0.15) is 0 Å². The molecule has 1 rings (SSSR count). The number of hydrogen-bond donors (Lipinski definition) is 2. The van der Waals surface area contributed by atoms with Gasteiger partial charge in [0.2, 0.25) is 5.91 Å². The number of rotatable bonds is 3. The van der Waals surface area contributed by atoms with Crippen LogP contribution in [-0.2, 0) is 28.6 Å². The van der Waals surface area contributed by atoms with Gasteiger partial charge in [-0.1, -0.05) is 0 Å². The molecular formula is C11H17NO7. The van der Waals surface area contributed by atoms with Crippen LogP contribution in [0, 0.1) is 0 Å².